The maximum Gasteiger partial charge on any atom is 0.251 e. The van der Waals surface area contributed by atoms with E-state index in [0.717, 1.165) is 24.3 Å². The van der Waals surface area contributed by atoms with Gasteiger partial charge in [0.05, 0.1) is 13.2 Å². The quantitative estimate of drug-likeness (QED) is 0.722. The monoisotopic (exact) mass is 273 g/mol. The van der Waals surface area contributed by atoms with Crippen LogP contribution in [0.25, 0.3) is 0 Å². The van der Waals surface area contributed by atoms with Gasteiger partial charge in [0.25, 0.3) is 6.43 Å². The molecule has 0 radical (unpaired) electrons. The van der Waals surface area contributed by atoms with Crippen molar-refractivity contribution in [2.45, 2.75) is 26.3 Å². The van der Waals surface area contributed by atoms with E-state index in [1.165, 1.54) is 4.90 Å². The average Bonchev–Trinajstić information content (AvgIpc) is 2.37. The van der Waals surface area contributed by atoms with E-state index >= 15 is 0 Å². The highest BCUT2D eigenvalue weighted by Crippen LogP contribution is 2.09. The van der Waals surface area contributed by atoms with E-state index in [4.69, 9.17) is 5.11 Å². The van der Waals surface area contributed by atoms with Gasteiger partial charge in [0.1, 0.15) is 5.82 Å². The number of aliphatic hydroxyl groups is 1. The van der Waals surface area contributed by atoms with Crippen molar-refractivity contribution >= 4 is 5.82 Å². The van der Waals surface area contributed by atoms with Gasteiger partial charge in [-0.05, 0) is 18.1 Å². The van der Waals surface area contributed by atoms with Crippen LogP contribution in [-0.4, -0.2) is 47.7 Å². The molecule has 2 N–H and O–H groups in total. The fraction of sp³-hybridized carbons (Fsp3) is 0.615. The van der Waals surface area contributed by atoms with Crippen LogP contribution in [0.5, 0.6) is 0 Å². The second-order valence-electron chi connectivity index (χ2n) is 4.33. The number of aliphatic hydroxyl groups excluding tert-OH is 1. The third-order valence-corrected chi connectivity index (χ3v) is 2.60. The van der Waals surface area contributed by atoms with Crippen molar-refractivity contribution in [3.05, 3.63) is 23.9 Å². The number of hydrogen-bond acceptors (Lipinski definition) is 4. The van der Waals surface area contributed by atoms with Gasteiger partial charge in [-0.2, -0.15) is 0 Å². The zero-order valence-corrected chi connectivity index (χ0v) is 11.1. The smallest absolute Gasteiger partial charge is 0.251 e. The van der Waals surface area contributed by atoms with Gasteiger partial charge in [0.15, 0.2) is 0 Å². The highest BCUT2D eigenvalue weighted by atomic mass is 19.3. The van der Waals surface area contributed by atoms with Crippen LogP contribution >= 0.6 is 0 Å². The predicted molar refractivity (Wildman–Crippen MR) is 71.4 cm³/mol. The minimum Gasteiger partial charge on any atom is -0.395 e. The molecule has 4 nitrogen and oxygen atoms in total. The number of nitrogens with zero attached hydrogens (tertiary/aromatic N) is 2. The first-order valence-corrected chi connectivity index (χ1v) is 6.45. The maximum absolute atomic E-state index is 12.4. The molecule has 1 aromatic heterocycles. The molecule has 0 spiro atoms. The van der Waals surface area contributed by atoms with Crippen LogP contribution in [0.3, 0.4) is 0 Å². The van der Waals surface area contributed by atoms with Crippen molar-refractivity contribution in [2.75, 3.05) is 31.6 Å². The molecule has 0 aliphatic heterocycles. The van der Waals surface area contributed by atoms with E-state index in [1.54, 1.807) is 6.20 Å². The fourth-order valence-corrected chi connectivity index (χ4v) is 1.71. The molecule has 0 saturated heterocycles. The lowest BCUT2D eigenvalue weighted by molar-refractivity contribution is 0.0746. The molecule has 0 aliphatic carbocycles. The van der Waals surface area contributed by atoms with Crippen LogP contribution in [0.1, 0.15) is 18.9 Å². The minimum absolute atomic E-state index is 0.129. The number of nitrogens with one attached hydrogen (secondary N) is 1. The maximum atomic E-state index is 12.4. The van der Waals surface area contributed by atoms with E-state index in [2.05, 4.69) is 17.2 Å². The highest BCUT2D eigenvalue weighted by molar-refractivity contribution is 5.35. The predicted octanol–water partition coefficient (Wildman–Crippen LogP) is 1.96. The van der Waals surface area contributed by atoms with Gasteiger partial charge < -0.3 is 10.4 Å². The Balaban J connectivity index is 2.53. The van der Waals surface area contributed by atoms with Crippen molar-refractivity contribution in [1.82, 2.24) is 9.88 Å². The van der Waals surface area contributed by atoms with Crippen LogP contribution in [0.4, 0.5) is 14.6 Å². The summed E-state index contributed by atoms with van der Waals surface area (Å²) in [6.45, 7) is 3.06. The third kappa shape index (κ3) is 6.45. The summed E-state index contributed by atoms with van der Waals surface area (Å²) >= 11 is 0. The summed E-state index contributed by atoms with van der Waals surface area (Å²) in [5.74, 6) is 0.785. The van der Waals surface area contributed by atoms with E-state index in [1.807, 2.05) is 12.1 Å². The molecule has 0 bridgehead atoms. The molecule has 108 valence electrons. The molecule has 19 heavy (non-hydrogen) atoms. The van der Waals surface area contributed by atoms with Gasteiger partial charge in [-0.1, -0.05) is 13.0 Å². The van der Waals surface area contributed by atoms with Crippen LogP contribution in [0, 0.1) is 0 Å². The number of halogens is 2. The molecular weight excluding hydrogens is 252 g/mol. The lowest BCUT2D eigenvalue weighted by atomic mass is 10.2. The number of rotatable bonds is 9. The van der Waals surface area contributed by atoms with Crippen LogP contribution in [0.2, 0.25) is 0 Å². The summed E-state index contributed by atoms with van der Waals surface area (Å²) in [6, 6.07) is 3.70. The molecule has 1 heterocycles. The van der Waals surface area contributed by atoms with Crippen molar-refractivity contribution in [1.29, 1.82) is 0 Å². The summed E-state index contributed by atoms with van der Waals surface area (Å²) in [6.07, 6.45) is 0.292. The summed E-state index contributed by atoms with van der Waals surface area (Å²) in [7, 11) is 0. The SMILES string of the molecule is CCCNc1ccc(CN(CCO)CC(F)F)cn1. The third-order valence-electron chi connectivity index (χ3n) is 2.60. The summed E-state index contributed by atoms with van der Waals surface area (Å²) in [5.41, 5.74) is 0.858. The van der Waals surface area contributed by atoms with E-state index in [9.17, 15) is 8.78 Å². The second-order valence-corrected chi connectivity index (χ2v) is 4.33. The molecule has 0 atom stereocenters. The van der Waals surface area contributed by atoms with Crippen LogP contribution < -0.4 is 5.32 Å². The second kappa shape index (κ2) is 8.77. The first-order valence-electron chi connectivity index (χ1n) is 6.45. The van der Waals surface area contributed by atoms with E-state index in [-0.39, 0.29) is 19.7 Å². The topological polar surface area (TPSA) is 48.4 Å². The summed E-state index contributed by atoms with van der Waals surface area (Å²) < 4.78 is 24.7. The molecule has 0 unspecified atom stereocenters. The van der Waals surface area contributed by atoms with Crippen molar-refractivity contribution in [3.63, 3.8) is 0 Å². The first-order chi connectivity index (χ1) is 9.15. The van der Waals surface area contributed by atoms with Gasteiger partial charge in [-0.15, -0.1) is 0 Å². The molecule has 0 saturated carbocycles. The summed E-state index contributed by atoms with van der Waals surface area (Å²) in [5, 5.41) is 12.0. The Bertz CT molecular complexity index is 346. The lowest BCUT2D eigenvalue weighted by Gasteiger charge is -2.20. The van der Waals surface area contributed by atoms with Gasteiger partial charge in [0.2, 0.25) is 0 Å². The molecule has 0 fully saturated rings. The fourth-order valence-electron chi connectivity index (χ4n) is 1.71. The standard InChI is InChI=1S/C13H21F2N3O/c1-2-5-16-13-4-3-11(8-17-13)9-18(6-7-19)10-12(14)15/h3-4,8,12,19H,2,5-7,9-10H2,1H3,(H,16,17). The number of anilines is 1. The number of hydrogen-bond donors (Lipinski definition) is 2. The Morgan fingerprint density at radius 2 is 2.21 bits per heavy atom. The molecule has 0 aromatic carbocycles. The van der Waals surface area contributed by atoms with Crippen molar-refractivity contribution < 1.29 is 13.9 Å². The Kier molecular flexibility index (Phi) is 7.28. The molecular formula is C13H21F2N3O. The molecule has 1 aromatic rings. The van der Waals surface area contributed by atoms with E-state index < -0.39 is 6.43 Å². The van der Waals surface area contributed by atoms with E-state index in [0.29, 0.717) is 6.54 Å². The number of alkyl halides is 2. The van der Waals surface area contributed by atoms with Gasteiger partial charge in [-0.25, -0.2) is 13.8 Å². The zero-order chi connectivity index (χ0) is 14.1. The Hall–Kier alpha value is -1.27. The first kappa shape index (κ1) is 15.8. The Labute approximate surface area is 112 Å². The summed E-state index contributed by atoms with van der Waals surface area (Å²) in [4.78, 5) is 5.74. The largest absolute Gasteiger partial charge is 0.395 e. The number of pyridine rings is 1. The molecule has 0 aliphatic rings. The zero-order valence-electron chi connectivity index (χ0n) is 11.1. The van der Waals surface area contributed by atoms with Gasteiger partial charge >= 0.3 is 0 Å². The highest BCUT2D eigenvalue weighted by Gasteiger charge is 2.12. The molecule has 6 heteroatoms. The normalized spacial score (nSPS) is 11.3. The van der Waals surface area contributed by atoms with Gasteiger partial charge in [-0.3, -0.25) is 4.90 Å². The molecule has 1 rings (SSSR count). The van der Waals surface area contributed by atoms with Crippen molar-refractivity contribution in [2.24, 2.45) is 0 Å². The van der Waals surface area contributed by atoms with Gasteiger partial charge in [0, 0.05) is 25.8 Å². The van der Waals surface area contributed by atoms with Crippen molar-refractivity contribution in [3.8, 4) is 0 Å². The number of aromatic nitrogens is 1. The molecule has 0 amide bonds. The Morgan fingerprint density at radius 1 is 1.42 bits per heavy atom. The van der Waals surface area contributed by atoms with Crippen LogP contribution in [0.15, 0.2) is 18.3 Å². The lowest BCUT2D eigenvalue weighted by Crippen LogP contribution is -2.31. The average molecular weight is 273 g/mol. The minimum atomic E-state index is -2.40. The Morgan fingerprint density at radius 3 is 2.74 bits per heavy atom. The van der Waals surface area contributed by atoms with Crippen LogP contribution in [-0.2, 0) is 6.54 Å².